The average molecular weight is 194 g/mol. The number of nitrogens with zero attached hydrogens (tertiary/aromatic N) is 3. The number of aromatic nitrogens is 2. The van der Waals surface area contributed by atoms with Gasteiger partial charge in [-0.1, -0.05) is 11.3 Å². The minimum atomic E-state index is -2.54. The van der Waals surface area contributed by atoms with Gasteiger partial charge in [0.2, 0.25) is 5.13 Å². The maximum Gasteiger partial charge on any atom is 0.291 e. The number of halogens is 2. The molecule has 4 nitrogen and oxygen atoms in total. The molecule has 0 amide bonds. The Morgan fingerprint density at radius 3 is 2.50 bits per heavy atom. The lowest BCUT2D eigenvalue weighted by Crippen LogP contribution is -2.19. The molecule has 0 bridgehead atoms. The Morgan fingerprint density at radius 1 is 1.42 bits per heavy atom. The summed E-state index contributed by atoms with van der Waals surface area (Å²) < 4.78 is 24.0. The maximum atomic E-state index is 12.0. The van der Waals surface area contributed by atoms with Crippen LogP contribution in [0.15, 0.2) is 0 Å². The molecule has 0 aliphatic rings. The lowest BCUT2D eigenvalue weighted by Gasteiger charge is -2.08. The van der Waals surface area contributed by atoms with Crippen LogP contribution in [0.4, 0.5) is 13.9 Å². The molecule has 0 aliphatic carbocycles. The normalized spacial score (nSPS) is 11.2. The molecule has 1 aromatic rings. The van der Waals surface area contributed by atoms with E-state index in [0.717, 1.165) is 11.3 Å². The summed E-state index contributed by atoms with van der Waals surface area (Å²) in [5, 5.41) is 8.52. The van der Waals surface area contributed by atoms with Crippen molar-refractivity contribution in [2.24, 2.45) is 0 Å². The second-order valence-electron chi connectivity index (χ2n) is 2.25. The molecule has 0 spiro atoms. The highest BCUT2D eigenvalue weighted by molar-refractivity contribution is 7.15. The minimum absolute atomic E-state index is 0.264. The van der Waals surface area contributed by atoms with Crippen LogP contribution in [0.25, 0.3) is 0 Å². The molecule has 1 N–H and O–H groups in total. The molecule has 0 aromatic carbocycles. The Kier molecular flexibility index (Phi) is 2.88. The first kappa shape index (κ1) is 9.27. The van der Waals surface area contributed by atoms with Gasteiger partial charge in [0, 0.05) is 14.1 Å². The molecule has 7 heteroatoms. The van der Waals surface area contributed by atoms with E-state index in [4.69, 9.17) is 0 Å². The first-order valence-corrected chi connectivity index (χ1v) is 3.97. The topological polar surface area (TPSA) is 41.0 Å². The summed E-state index contributed by atoms with van der Waals surface area (Å²) in [5.41, 5.74) is 2.72. The van der Waals surface area contributed by atoms with Crippen molar-refractivity contribution < 1.29 is 8.78 Å². The Bertz CT molecular complexity index is 249. The minimum Gasteiger partial charge on any atom is -0.293 e. The quantitative estimate of drug-likeness (QED) is 0.738. The van der Waals surface area contributed by atoms with E-state index in [1.165, 1.54) is 0 Å². The number of anilines is 1. The second kappa shape index (κ2) is 3.72. The molecule has 0 fully saturated rings. The van der Waals surface area contributed by atoms with Gasteiger partial charge >= 0.3 is 0 Å². The zero-order valence-corrected chi connectivity index (χ0v) is 7.40. The summed E-state index contributed by atoms with van der Waals surface area (Å²) in [6.07, 6.45) is -2.54. The Balaban J connectivity index is 2.64. The van der Waals surface area contributed by atoms with E-state index in [0.29, 0.717) is 5.13 Å². The molecule has 0 radical (unpaired) electrons. The third-order valence-corrected chi connectivity index (χ3v) is 1.78. The van der Waals surface area contributed by atoms with Crippen LogP contribution in [-0.4, -0.2) is 29.3 Å². The molecule has 0 saturated heterocycles. The molecule has 0 saturated carbocycles. The average Bonchev–Trinajstić information content (AvgIpc) is 2.34. The van der Waals surface area contributed by atoms with Crippen LogP contribution in [0, 0.1) is 0 Å². The van der Waals surface area contributed by atoms with E-state index in [1.54, 1.807) is 19.1 Å². The van der Waals surface area contributed by atoms with Gasteiger partial charge in [-0.05, 0) is 0 Å². The van der Waals surface area contributed by atoms with E-state index in [-0.39, 0.29) is 5.01 Å². The van der Waals surface area contributed by atoms with Gasteiger partial charge in [0.15, 0.2) is 5.01 Å². The van der Waals surface area contributed by atoms with Gasteiger partial charge < -0.3 is 0 Å². The van der Waals surface area contributed by atoms with E-state index in [1.807, 2.05) is 0 Å². The van der Waals surface area contributed by atoms with Gasteiger partial charge in [0.1, 0.15) is 0 Å². The van der Waals surface area contributed by atoms with Crippen molar-refractivity contribution in [3.63, 3.8) is 0 Å². The number of rotatable bonds is 3. The summed E-state index contributed by atoms with van der Waals surface area (Å²) in [7, 11) is 3.48. The summed E-state index contributed by atoms with van der Waals surface area (Å²) in [6.45, 7) is 0. The zero-order chi connectivity index (χ0) is 9.14. The largest absolute Gasteiger partial charge is 0.293 e. The fraction of sp³-hybridized carbons (Fsp3) is 0.600. The van der Waals surface area contributed by atoms with Gasteiger partial charge in [0.05, 0.1) is 0 Å². The first-order valence-electron chi connectivity index (χ1n) is 3.15. The standard InChI is InChI=1S/C5H8F2N4S/c1-11(2)10-5-9-8-4(12-5)3(6)7/h3H,1-2H3,(H,9,10). The molecule has 1 aromatic heterocycles. The molecule has 0 aliphatic heterocycles. The van der Waals surface area contributed by atoms with Crippen LogP contribution in [0.2, 0.25) is 0 Å². The van der Waals surface area contributed by atoms with Crippen molar-refractivity contribution in [2.45, 2.75) is 6.43 Å². The Hall–Kier alpha value is -0.820. The molecule has 1 heterocycles. The molecule has 0 atom stereocenters. The summed E-state index contributed by atoms with van der Waals surface area (Å²) in [6, 6.07) is 0. The van der Waals surface area contributed by atoms with Crippen molar-refractivity contribution in [1.29, 1.82) is 0 Å². The van der Waals surface area contributed by atoms with Gasteiger partial charge in [-0.3, -0.25) is 5.43 Å². The number of hydrogen-bond acceptors (Lipinski definition) is 5. The van der Waals surface area contributed by atoms with Crippen LogP contribution in [0.5, 0.6) is 0 Å². The lowest BCUT2D eigenvalue weighted by molar-refractivity contribution is 0.150. The fourth-order valence-corrected chi connectivity index (χ4v) is 1.24. The summed E-state index contributed by atoms with van der Waals surface area (Å²) in [4.78, 5) is 0. The van der Waals surface area contributed by atoms with E-state index >= 15 is 0 Å². The van der Waals surface area contributed by atoms with Crippen molar-refractivity contribution in [2.75, 3.05) is 19.5 Å². The zero-order valence-electron chi connectivity index (χ0n) is 6.58. The highest BCUT2D eigenvalue weighted by Crippen LogP contribution is 2.24. The fourth-order valence-electron chi connectivity index (χ4n) is 0.559. The molecule has 12 heavy (non-hydrogen) atoms. The lowest BCUT2D eigenvalue weighted by atomic mass is 10.8. The maximum absolute atomic E-state index is 12.0. The molecule has 1 rings (SSSR count). The van der Waals surface area contributed by atoms with Crippen LogP contribution >= 0.6 is 11.3 Å². The van der Waals surface area contributed by atoms with Gasteiger partial charge in [-0.2, -0.15) is 0 Å². The van der Waals surface area contributed by atoms with Crippen molar-refractivity contribution in [3.05, 3.63) is 5.01 Å². The van der Waals surface area contributed by atoms with E-state index < -0.39 is 6.43 Å². The van der Waals surface area contributed by atoms with Crippen LogP contribution in [-0.2, 0) is 0 Å². The van der Waals surface area contributed by atoms with E-state index in [9.17, 15) is 8.78 Å². The second-order valence-corrected chi connectivity index (χ2v) is 3.26. The molecular formula is C5H8F2N4S. The number of hydrazine groups is 1. The van der Waals surface area contributed by atoms with Crippen LogP contribution < -0.4 is 5.43 Å². The van der Waals surface area contributed by atoms with Crippen molar-refractivity contribution in [3.8, 4) is 0 Å². The van der Waals surface area contributed by atoms with Gasteiger partial charge in [-0.15, -0.1) is 10.2 Å². The highest BCUT2D eigenvalue weighted by atomic mass is 32.1. The highest BCUT2D eigenvalue weighted by Gasteiger charge is 2.13. The Morgan fingerprint density at radius 2 is 2.08 bits per heavy atom. The molecular weight excluding hydrogens is 186 g/mol. The number of alkyl halides is 2. The third-order valence-electron chi connectivity index (χ3n) is 0.947. The van der Waals surface area contributed by atoms with Crippen molar-refractivity contribution in [1.82, 2.24) is 15.2 Å². The Labute approximate surface area is 72.2 Å². The number of hydrogen-bond donors (Lipinski definition) is 1. The monoisotopic (exact) mass is 194 g/mol. The molecule has 68 valence electrons. The SMILES string of the molecule is CN(C)Nc1nnc(C(F)F)s1. The van der Waals surface area contributed by atoms with Crippen molar-refractivity contribution >= 4 is 16.5 Å². The van der Waals surface area contributed by atoms with Crippen LogP contribution in [0.3, 0.4) is 0 Å². The summed E-state index contributed by atoms with van der Waals surface area (Å²) in [5.74, 6) is 0. The first-order chi connectivity index (χ1) is 5.59. The predicted octanol–water partition coefficient (Wildman–Crippen LogP) is 1.36. The van der Waals surface area contributed by atoms with Crippen LogP contribution in [0.1, 0.15) is 11.4 Å². The molecule has 0 unspecified atom stereocenters. The predicted molar refractivity (Wildman–Crippen MR) is 42.2 cm³/mol. The third kappa shape index (κ3) is 2.35. The van der Waals surface area contributed by atoms with Gasteiger partial charge in [0.25, 0.3) is 6.43 Å². The number of nitrogens with one attached hydrogen (secondary N) is 1. The van der Waals surface area contributed by atoms with Gasteiger partial charge in [-0.25, -0.2) is 13.8 Å². The summed E-state index contributed by atoms with van der Waals surface area (Å²) >= 11 is 0.844. The smallest absolute Gasteiger partial charge is 0.291 e. The van der Waals surface area contributed by atoms with E-state index in [2.05, 4.69) is 15.6 Å².